The molecule has 5 nitrogen and oxygen atoms in total. The van der Waals surface area contributed by atoms with Gasteiger partial charge >= 0.3 is 0 Å². The number of nitrogens with zero attached hydrogens (tertiary/aromatic N) is 1. The van der Waals surface area contributed by atoms with Crippen LogP contribution in [0.2, 0.25) is 0 Å². The molecule has 128 valence electrons. The molecule has 0 spiro atoms. The predicted octanol–water partition coefficient (Wildman–Crippen LogP) is 3.08. The van der Waals surface area contributed by atoms with Crippen molar-refractivity contribution < 1.29 is 14.9 Å². The number of aliphatic imine (C=N–C) groups is 1. The monoisotopic (exact) mass is 328 g/mol. The van der Waals surface area contributed by atoms with E-state index in [1.807, 2.05) is 0 Å². The number of hydrogen-bond acceptors (Lipinski definition) is 5. The molecule has 1 aliphatic carbocycles. The molecular formula is C19H24N2O3. The van der Waals surface area contributed by atoms with Gasteiger partial charge in [0.25, 0.3) is 0 Å². The molecule has 5 heteroatoms. The van der Waals surface area contributed by atoms with E-state index in [1.165, 1.54) is 11.8 Å². The number of ether oxygens (including phenoxy) is 1. The van der Waals surface area contributed by atoms with Gasteiger partial charge in [0.05, 0.1) is 19.3 Å². The minimum atomic E-state index is 0.0545. The summed E-state index contributed by atoms with van der Waals surface area (Å²) < 4.78 is 5.09. The third kappa shape index (κ3) is 3.46. The predicted molar refractivity (Wildman–Crippen MR) is 95.4 cm³/mol. The van der Waals surface area contributed by atoms with Gasteiger partial charge in [-0.05, 0) is 43.9 Å². The minimum Gasteiger partial charge on any atom is -0.507 e. The highest BCUT2D eigenvalue weighted by Gasteiger charge is 2.22. The van der Waals surface area contributed by atoms with E-state index < -0.39 is 0 Å². The maximum Gasteiger partial charge on any atom is 0.123 e. The molecule has 3 rings (SSSR count). The van der Waals surface area contributed by atoms with Crippen LogP contribution < -0.4 is 5.73 Å². The van der Waals surface area contributed by atoms with Gasteiger partial charge < -0.3 is 20.7 Å². The zero-order chi connectivity index (χ0) is 17.1. The van der Waals surface area contributed by atoms with E-state index in [9.17, 15) is 10.2 Å². The van der Waals surface area contributed by atoms with E-state index >= 15 is 0 Å². The van der Waals surface area contributed by atoms with Gasteiger partial charge in [-0.1, -0.05) is 11.6 Å². The molecule has 1 saturated heterocycles. The van der Waals surface area contributed by atoms with Gasteiger partial charge in [-0.3, -0.25) is 4.99 Å². The summed E-state index contributed by atoms with van der Waals surface area (Å²) >= 11 is 0. The maximum absolute atomic E-state index is 10.5. The lowest BCUT2D eigenvalue weighted by molar-refractivity contribution is 0.0136. The van der Waals surface area contributed by atoms with Gasteiger partial charge in [0.2, 0.25) is 0 Å². The standard InChI is InChI=1S/C19H24N2O3/c1-12-3-2-4-13(5-12)19-17(22)6-14(7-18(19)23)15(8-20)9-21-16-10-24-11-16/h5-9,13,16,22-23H,2-4,10-11,20H2,1H3/b15-8+,21-9?. The van der Waals surface area contributed by atoms with E-state index in [0.717, 1.165) is 19.3 Å². The summed E-state index contributed by atoms with van der Waals surface area (Å²) in [6.45, 7) is 3.33. The fourth-order valence-electron chi connectivity index (χ4n) is 3.22. The summed E-state index contributed by atoms with van der Waals surface area (Å²) in [5.74, 6) is 0.250. The van der Waals surface area contributed by atoms with Crippen molar-refractivity contribution in [1.82, 2.24) is 0 Å². The summed E-state index contributed by atoms with van der Waals surface area (Å²) in [5, 5.41) is 20.9. The highest BCUT2D eigenvalue weighted by molar-refractivity contribution is 6.10. The van der Waals surface area contributed by atoms with Crippen molar-refractivity contribution in [1.29, 1.82) is 0 Å². The third-order valence-corrected chi connectivity index (χ3v) is 4.64. The van der Waals surface area contributed by atoms with Crippen molar-refractivity contribution in [3.63, 3.8) is 0 Å². The molecule has 0 aromatic heterocycles. The van der Waals surface area contributed by atoms with Crippen molar-refractivity contribution in [2.45, 2.75) is 38.1 Å². The van der Waals surface area contributed by atoms with Crippen LogP contribution in [0.15, 0.2) is 35.0 Å². The van der Waals surface area contributed by atoms with E-state index in [4.69, 9.17) is 10.5 Å². The molecule has 1 heterocycles. The molecule has 2 aliphatic rings. The van der Waals surface area contributed by atoms with Crippen LogP contribution in [0.3, 0.4) is 0 Å². The molecule has 0 amide bonds. The number of hydrogen-bond donors (Lipinski definition) is 3. The third-order valence-electron chi connectivity index (χ3n) is 4.64. The Morgan fingerprint density at radius 2 is 2.00 bits per heavy atom. The van der Waals surface area contributed by atoms with Crippen LogP contribution in [-0.2, 0) is 4.74 Å². The first kappa shape index (κ1) is 16.6. The summed E-state index contributed by atoms with van der Waals surface area (Å²) in [6.07, 6.45) is 8.32. The first-order valence-electron chi connectivity index (χ1n) is 8.35. The van der Waals surface area contributed by atoms with E-state index in [1.54, 1.807) is 18.3 Å². The number of allylic oxidation sites excluding steroid dienone is 3. The second-order valence-corrected chi connectivity index (χ2v) is 6.53. The average molecular weight is 328 g/mol. The van der Waals surface area contributed by atoms with Gasteiger partial charge in [0.1, 0.15) is 11.5 Å². The number of benzene rings is 1. The largest absolute Gasteiger partial charge is 0.507 e. The van der Waals surface area contributed by atoms with E-state index in [-0.39, 0.29) is 23.5 Å². The Bertz CT molecular complexity index is 680. The number of phenols is 2. The van der Waals surface area contributed by atoms with E-state index in [2.05, 4.69) is 18.0 Å². The normalized spacial score (nSPS) is 22.5. The number of nitrogens with two attached hydrogens (primary N) is 1. The van der Waals surface area contributed by atoms with Crippen molar-refractivity contribution in [2.75, 3.05) is 13.2 Å². The first-order chi connectivity index (χ1) is 11.6. The van der Waals surface area contributed by atoms with Gasteiger partial charge in [-0.2, -0.15) is 0 Å². The number of aromatic hydroxyl groups is 2. The van der Waals surface area contributed by atoms with Crippen molar-refractivity contribution in [3.05, 3.63) is 41.1 Å². The van der Waals surface area contributed by atoms with Crippen LogP contribution in [0.4, 0.5) is 0 Å². The number of phenolic OH excluding ortho intramolecular Hbond substituents is 2. The molecule has 0 radical (unpaired) electrons. The van der Waals surface area contributed by atoms with Crippen LogP contribution in [0.25, 0.3) is 5.57 Å². The molecule has 1 aliphatic heterocycles. The first-order valence-corrected chi connectivity index (χ1v) is 8.35. The van der Waals surface area contributed by atoms with Crippen molar-refractivity contribution >= 4 is 11.8 Å². The molecule has 1 aromatic rings. The van der Waals surface area contributed by atoms with Crippen LogP contribution in [0.5, 0.6) is 11.5 Å². The Morgan fingerprint density at radius 1 is 1.29 bits per heavy atom. The molecule has 0 bridgehead atoms. The lowest BCUT2D eigenvalue weighted by Gasteiger charge is -2.22. The Balaban J connectivity index is 1.88. The van der Waals surface area contributed by atoms with Crippen molar-refractivity contribution in [2.24, 2.45) is 10.7 Å². The molecule has 24 heavy (non-hydrogen) atoms. The Kier molecular flexibility index (Phi) is 4.90. The Morgan fingerprint density at radius 3 is 2.54 bits per heavy atom. The summed E-state index contributed by atoms with van der Waals surface area (Å²) in [6, 6.07) is 3.46. The zero-order valence-electron chi connectivity index (χ0n) is 13.9. The van der Waals surface area contributed by atoms with Gasteiger partial charge in [-0.25, -0.2) is 0 Å². The van der Waals surface area contributed by atoms with Crippen LogP contribution in [0, 0.1) is 0 Å². The smallest absolute Gasteiger partial charge is 0.123 e. The Hall–Kier alpha value is -2.27. The maximum atomic E-state index is 10.5. The molecule has 0 saturated carbocycles. The highest BCUT2D eigenvalue weighted by atomic mass is 16.5. The molecular weight excluding hydrogens is 304 g/mol. The minimum absolute atomic E-state index is 0.0545. The van der Waals surface area contributed by atoms with Crippen LogP contribution in [0.1, 0.15) is 43.2 Å². The molecule has 1 aromatic carbocycles. The topological polar surface area (TPSA) is 88.1 Å². The second kappa shape index (κ2) is 7.09. The van der Waals surface area contributed by atoms with Gasteiger partial charge in [0, 0.05) is 29.5 Å². The van der Waals surface area contributed by atoms with Crippen molar-refractivity contribution in [3.8, 4) is 11.5 Å². The second-order valence-electron chi connectivity index (χ2n) is 6.53. The van der Waals surface area contributed by atoms with Crippen LogP contribution >= 0.6 is 0 Å². The quantitative estimate of drug-likeness (QED) is 0.585. The SMILES string of the molecule is CC1=CC(c2c(O)cc(/C(C=NC3COC3)=C/N)cc2O)CCC1. The Labute approximate surface area is 142 Å². The lowest BCUT2D eigenvalue weighted by atomic mass is 9.84. The van der Waals surface area contributed by atoms with E-state index in [0.29, 0.717) is 29.9 Å². The fraction of sp³-hybridized carbons (Fsp3) is 0.421. The molecule has 1 atom stereocenters. The lowest BCUT2D eigenvalue weighted by Crippen LogP contribution is -2.31. The highest BCUT2D eigenvalue weighted by Crippen LogP contribution is 2.42. The summed E-state index contributed by atoms with van der Waals surface area (Å²) in [4.78, 5) is 4.39. The molecule has 1 fully saturated rings. The molecule has 4 N–H and O–H groups in total. The van der Waals surface area contributed by atoms with Gasteiger partial charge in [-0.15, -0.1) is 0 Å². The van der Waals surface area contributed by atoms with Gasteiger partial charge in [0.15, 0.2) is 0 Å². The fourth-order valence-corrected chi connectivity index (χ4v) is 3.22. The summed E-state index contributed by atoms with van der Waals surface area (Å²) in [5.41, 5.74) is 8.90. The zero-order valence-corrected chi connectivity index (χ0v) is 13.9. The average Bonchev–Trinajstić information content (AvgIpc) is 2.49. The molecule has 1 unspecified atom stereocenters. The number of rotatable bonds is 4. The van der Waals surface area contributed by atoms with Crippen LogP contribution in [-0.4, -0.2) is 35.7 Å². The summed E-state index contributed by atoms with van der Waals surface area (Å²) in [7, 11) is 0.